The average Bonchev–Trinajstić information content (AvgIpc) is 2.85. The Morgan fingerprint density at radius 3 is 2.33 bits per heavy atom. The van der Waals surface area contributed by atoms with Crippen LogP contribution >= 0.6 is 0 Å². The third-order valence-corrected chi connectivity index (χ3v) is 4.28. The predicted octanol–water partition coefficient (Wildman–Crippen LogP) is 1.11. The van der Waals surface area contributed by atoms with Gasteiger partial charge in [-0.1, -0.05) is 42.2 Å². The van der Waals surface area contributed by atoms with Crippen LogP contribution in [0, 0.1) is 23.7 Å². The Kier molecular flexibility index (Phi) is 4.76. The molecule has 0 bridgehead atoms. The lowest BCUT2D eigenvalue weighted by Gasteiger charge is -2.14. The summed E-state index contributed by atoms with van der Waals surface area (Å²) in [6, 6.07) is 9.45. The molecule has 3 amide bonds. The largest absolute Gasteiger partial charge is 0.344 e. The molecule has 1 aliphatic heterocycles. The van der Waals surface area contributed by atoms with Gasteiger partial charge in [0, 0.05) is 5.56 Å². The zero-order chi connectivity index (χ0) is 16.9. The number of likely N-dealkylation sites (tertiary alicyclic amines) is 1. The van der Waals surface area contributed by atoms with Crippen molar-refractivity contribution in [2.75, 3.05) is 13.1 Å². The Morgan fingerprint density at radius 1 is 1.08 bits per heavy atom. The van der Waals surface area contributed by atoms with Crippen LogP contribution in [-0.4, -0.2) is 35.7 Å². The highest BCUT2D eigenvalue weighted by atomic mass is 16.2. The number of imide groups is 1. The molecule has 2 unspecified atom stereocenters. The van der Waals surface area contributed by atoms with Crippen molar-refractivity contribution in [1.29, 1.82) is 0 Å². The molecule has 1 aromatic carbocycles. The molecule has 1 saturated heterocycles. The third-order valence-electron chi connectivity index (χ3n) is 4.28. The van der Waals surface area contributed by atoms with Gasteiger partial charge in [-0.15, -0.1) is 0 Å². The van der Waals surface area contributed by atoms with Crippen molar-refractivity contribution in [3.05, 3.63) is 48.0 Å². The number of allylic oxidation sites excluding steroid dienone is 2. The van der Waals surface area contributed by atoms with Crippen LogP contribution < -0.4 is 5.32 Å². The Labute approximate surface area is 140 Å². The molecule has 0 radical (unpaired) electrons. The maximum absolute atomic E-state index is 12.3. The smallest absolute Gasteiger partial charge is 0.240 e. The van der Waals surface area contributed by atoms with Crippen LogP contribution in [0.1, 0.15) is 18.4 Å². The third kappa shape index (κ3) is 3.38. The van der Waals surface area contributed by atoms with E-state index >= 15 is 0 Å². The van der Waals surface area contributed by atoms with E-state index in [9.17, 15) is 14.4 Å². The summed E-state index contributed by atoms with van der Waals surface area (Å²) in [4.78, 5) is 37.6. The average molecular weight is 322 g/mol. The summed E-state index contributed by atoms with van der Waals surface area (Å²) in [5.74, 6) is 4.34. The standard InChI is InChI=1S/C19H18N2O3/c22-17(20-12-6-9-14-7-2-1-3-8-14)13-21-18(23)15-10-4-5-11-16(15)19(21)24/h1-5,7-8,15-16H,10-13H2,(H,20,22). The first-order valence-corrected chi connectivity index (χ1v) is 7.97. The van der Waals surface area contributed by atoms with Crippen LogP contribution in [0.15, 0.2) is 42.5 Å². The number of rotatable bonds is 3. The van der Waals surface area contributed by atoms with E-state index in [4.69, 9.17) is 0 Å². The number of amides is 3. The summed E-state index contributed by atoms with van der Waals surface area (Å²) in [5.41, 5.74) is 0.869. The minimum atomic E-state index is -0.370. The van der Waals surface area contributed by atoms with Gasteiger partial charge in [0.05, 0.1) is 18.4 Å². The van der Waals surface area contributed by atoms with Crippen molar-refractivity contribution in [2.24, 2.45) is 11.8 Å². The second kappa shape index (κ2) is 7.14. The van der Waals surface area contributed by atoms with E-state index in [1.54, 1.807) is 0 Å². The first-order valence-electron chi connectivity index (χ1n) is 7.97. The number of nitrogens with one attached hydrogen (secondary N) is 1. The van der Waals surface area contributed by atoms with Crippen LogP contribution in [0.4, 0.5) is 0 Å². The number of carbonyl (C=O) groups excluding carboxylic acids is 3. The molecule has 1 fully saturated rings. The van der Waals surface area contributed by atoms with Crippen LogP contribution in [-0.2, 0) is 14.4 Å². The fourth-order valence-electron chi connectivity index (χ4n) is 3.03. The summed E-state index contributed by atoms with van der Waals surface area (Å²) in [5, 5.41) is 2.63. The molecule has 0 aromatic heterocycles. The fourth-order valence-corrected chi connectivity index (χ4v) is 3.03. The quantitative estimate of drug-likeness (QED) is 0.515. The molecule has 24 heavy (non-hydrogen) atoms. The number of hydrogen-bond donors (Lipinski definition) is 1. The van der Waals surface area contributed by atoms with Crippen LogP contribution in [0.3, 0.4) is 0 Å². The lowest BCUT2D eigenvalue weighted by atomic mass is 9.85. The van der Waals surface area contributed by atoms with Crippen LogP contribution in [0.5, 0.6) is 0 Å². The number of hydrogen-bond acceptors (Lipinski definition) is 3. The number of fused-ring (bicyclic) bond motifs is 1. The Balaban J connectivity index is 1.51. The van der Waals surface area contributed by atoms with Gasteiger partial charge in [0.2, 0.25) is 17.7 Å². The second-order valence-corrected chi connectivity index (χ2v) is 5.86. The van der Waals surface area contributed by atoms with Crippen LogP contribution in [0.25, 0.3) is 0 Å². The SMILES string of the molecule is O=C(CN1C(=O)C2CC=CCC2C1=O)NCC#Cc1ccccc1. The predicted molar refractivity (Wildman–Crippen MR) is 88.4 cm³/mol. The van der Waals surface area contributed by atoms with Gasteiger partial charge in [-0.2, -0.15) is 0 Å². The fraction of sp³-hybridized carbons (Fsp3) is 0.316. The van der Waals surface area contributed by atoms with E-state index in [1.807, 2.05) is 42.5 Å². The zero-order valence-electron chi connectivity index (χ0n) is 13.2. The number of carbonyl (C=O) groups is 3. The maximum Gasteiger partial charge on any atom is 0.240 e. The van der Waals surface area contributed by atoms with E-state index in [0.717, 1.165) is 10.5 Å². The molecule has 1 aromatic rings. The van der Waals surface area contributed by atoms with E-state index < -0.39 is 0 Å². The highest BCUT2D eigenvalue weighted by Crippen LogP contribution is 2.34. The molecule has 2 atom stereocenters. The van der Waals surface area contributed by atoms with Gasteiger partial charge in [-0.25, -0.2) is 0 Å². The zero-order valence-corrected chi connectivity index (χ0v) is 13.2. The Morgan fingerprint density at radius 2 is 1.71 bits per heavy atom. The second-order valence-electron chi connectivity index (χ2n) is 5.86. The van der Waals surface area contributed by atoms with Gasteiger partial charge < -0.3 is 5.32 Å². The van der Waals surface area contributed by atoms with Crippen molar-refractivity contribution >= 4 is 17.7 Å². The molecule has 5 nitrogen and oxygen atoms in total. The minimum Gasteiger partial charge on any atom is -0.344 e. The molecular weight excluding hydrogens is 304 g/mol. The van der Waals surface area contributed by atoms with E-state index in [2.05, 4.69) is 17.2 Å². The van der Waals surface area contributed by atoms with Gasteiger partial charge in [-0.3, -0.25) is 19.3 Å². The normalized spacial score (nSPS) is 21.9. The van der Waals surface area contributed by atoms with E-state index in [0.29, 0.717) is 12.8 Å². The monoisotopic (exact) mass is 322 g/mol. The number of benzene rings is 1. The van der Waals surface area contributed by atoms with Gasteiger partial charge in [0.1, 0.15) is 6.54 Å². The molecule has 1 aliphatic carbocycles. The molecular formula is C19H18N2O3. The highest BCUT2D eigenvalue weighted by Gasteiger charge is 2.47. The lowest BCUT2D eigenvalue weighted by Crippen LogP contribution is -2.41. The summed E-state index contributed by atoms with van der Waals surface area (Å²) in [7, 11) is 0. The van der Waals surface area contributed by atoms with E-state index in [1.165, 1.54) is 0 Å². The van der Waals surface area contributed by atoms with Crippen molar-refractivity contribution < 1.29 is 14.4 Å². The Bertz CT molecular complexity index is 717. The highest BCUT2D eigenvalue weighted by molar-refractivity contribution is 6.07. The van der Waals surface area contributed by atoms with Gasteiger partial charge >= 0.3 is 0 Å². The first kappa shape index (κ1) is 16.0. The lowest BCUT2D eigenvalue weighted by molar-refractivity contribution is -0.143. The molecule has 3 rings (SSSR count). The van der Waals surface area contributed by atoms with Crippen molar-refractivity contribution in [2.45, 2.75) is 12.8 Å². The summed E-state index contributed by atoms with van der Waals surface area (Å²) < 4.78 is 0. The summed E-state index contributed by atoms with van der Waals surface area (Å²) in [6.45, 7) is -0.0456. The summed E-state index contributed by atoms with van der Waals surface area (Å²) >= 11 is 0. The molecule has 1 heterocycles. The van der Waals surface area contributed by atoms with Gasteiger partial charge in [0.15, 0.2) is 0 Å². The molecule has 0 spiro atoms. The number of nitrogens with zero attached hydrogens (tertiary/aromatic N) is 1. The van der Waals surface area contributed by atoms with Crippen molar-refractivity contribution in [3.63, 3.8) is 0 Å². The van der Waals surface area contributed by atoms with Crippen molar-refractivity contribution in [3.8, 4) is 11.8 Å². The molecule has 2 aliphatic rings. The molecule has 5 heteroatoms. The molecule has 0 saturated carbocycles. The van der Waals surface area contributed by atoms with Crippen LogP contribution in [0.2, 0.25) is 0 Å². The minimum absolute atomic E-state index is 0.179. The topological polar surface area (TPSA) is 66.5 Å². The summed E-state index contributed by atoms with van der Waals surface area (Å²) in [6.07, 6.45) is 5.01. The molecule has 1 N–H and O–H groups in total. The Hall–Kier alpha value is -2.87. The van der Waals surface area contributed by atoms with E-state index in [-0.39, 0.29) is 42.6 Å². The molecule has 122 valence electrons. The van der Waals surface area contributed by atoms with Gasteiger partial charge in [0.25, 0.3) is 0 Å². The maximum atomic E-state index is 12.3. The first-order chi connectivity index (χ1) is 11.7. The van der Waals surface area contributed by atoms with Gasteiger partial charge in [-0.05, 0) is 25.0 Å². The van der Waals surface area contributed by atoms with Crippen molar-refractivity contribution in [1.82, 2.24) is 10.2 Å².